The summed E-state index contributed by atoms with van der Waals surface area (Å²) in [5, 5.41) is 2.71. The first kappa shape index (κ1) is 21.0. The fraction of sp³-hybridized carbons (Fsp3) is 0.529. The molecule has 1 rings (SSSR count). The zero-order valence-electron chi connectivity index (χ0n) is 15.3. The Hall–Kier alpha value is -2.09. The summed E-state index contributed by atoms with van der Waals surface area (Å²) in [6, 6.07) is 6.77. The standard InChI is InChI=1S/C17H26N2O5S/c1-12(2)14(4)18-16(20)11-24-17(21)10-19(25(5,22)23)15-9-7-6-8-13(15)3/h6-9,12,14H,10-11H2,1-5H3,(H,18,20). The molecule has 0 aromatic heterocycles. The zero-order chi connectivity index (χ0) is 19.2. The number of nitrogens with one attached hydrogen (secondary N) is 1. The number of hydrogen-bond acceptors (Lipinski definition) is 5. The van der Waals surface area contributed by atoms with Crippen molar-refractivity contribution in [2.24, 2.45) is 5.92 Å². The van der Waals surface area contributed by atoms with Gasteiger partial charge in [0, 0.05) is 6.04 Å². The number of benzene rings is 1. The number of carbonyl (C=O) groups excluding carboxylic acids is 2. The van der Waals surface area contributed by atoms with Gasteiger partial charge >= 0.3 is 5.97 Å². The van der Waals surface area contributed by atoms with Gasteiger partial charge in [0.05, 0.1) is 11.9 Å². The molecule has 140 valence electrons. The maximum atomic E-state index is 12.0. The predicted molar refractivity (Wildman–Crippen MR) is 96.8 cm³/mol. The minimum absolute atomic E-state index is 0.0503. The normalized spacial score (nSPS) is 12.6. The summed E-state index contributed by atoms with van der Waals surface area (Å²) >= 11 is 0. The maximum Gasteiger partial charge on any atom is 0.327 e. The van der Waals surface area contributed by atoms with E-state index in [4.69, 9.17) is 4.74 Å². The number of rotatable bonds is 8. The molecule has 0 saturated heterocycles. The van der Waals surface area contributed by atoms with Crippen LogP contribution in [0.25, 0.3) is 0 Å². The van der Waals surface area contributed by atoms with E-state index in [9.17, 15) is 18.0 Å². The molecule has 0 aliphatic rings. The van der Waals surface area contributed by atoms with Crippen LogP contribution in [0.4, 0.5) is 5.69 Å². The number of esters is 1. The summed E-state index contributed by atoms with van der Waals surface area (Å²) in [4.78, 5) is 23.7. The lowest BCUT2D eigenvalue weighted by atomic mass is 10.1. The molecule has 0 radical (unpaired) electrons. The number of nitrogens with zero attached hydrogens (tertiary/aromatic N) is 1. The monoisotopic (exact) mass is 370 g/mol. The van der Waals surface area contributed by atoms with Crippen LogP contribution in [-0.4, -0.2) is 45.7 Å². The first-order valence-corrected chi connectivity index (χ1v) is 9.85. The summed E-state index contributed by atoms with van der Waals surface area (Å²) in [5.74, 6) is -0.959. The molecule has 0 spiro atoms. The molecule has 7 nitrogen and oxygen atoms in total. The van der Waals surface area contributed by atoms with Gasteiger partial charge in [0.15, 0.2) is 6.61 Å². The van der Waals surface area contributed by atoms with Gasteiger partial charge in [-0.2, -0.15) is 0 Å². The first-order valence-electron chi connectivity index (χ1n) is 8.00. The summed E-state index contributed by atoms with van der Waals surface area (Å²) in [5.41, 5.74) is 1.11. The molecule has 0 fully saturated rings. The fourth-order valence-electron chi connectivity index (χ4n) is 2.00. The number of amides is 1. The molecule has 0 saturated carbocycles. The van der Waals surface area contributed by atoms with Crippen molar-refractivity contribution in [3.63, 3.8) is 0 Å². The zero-order valence-corrected chi connectivity index (χ0v) is 16.1. The summed E-state index contributed by atoms with van der Waals surface area (Å²) in [6.45, 7) is 6.60. The second-order valence-corrected chi connectivity index (χ2v) is 8.22. The topological polar surface area (TPSA) is 92.8 Å². The third-order valence-corrected chi connectivity index (χ3v) is 4.94. The van der Waals surface area contributed by atoms with Gasteiger partial charge in [-0.15, -0.1) is 0 Å². The van der Waals surface area contributed by atoms with Gasteiger partial charge in [0.1, 0.15) is 6.54 Å². The smallest absolute Gasteiger partial charge is 0.327 e. The van der Waals surface area contributed by atoms with Crippen LogP contribution in [0.5, 0.6) is 0 Å². The van der Waals surface area contributed by atoms with Crippen LogP contribution < -0.4 is 9.62 Å². The van der Waals surface area contributed by atoms with Crippen molar-refractivity contribution in [3.05, 3.63) is 29.8 Å². The Kier molecular flexibility index (Phi) is 7.41. The van der Waals surface area contributed by atoms with Gasteiger partial charge in [-0.3, -0.25) is 13.9 Å². The average molecular weight is 370 g/mol. The van der Waals surface area contributed by atoms with E-state index in [1.54, 1.807) is 31.2 Å². The van der Waals surface area contributed by atoms with E-state index in [0.717, 1.165) is 10.6 Å². The van der Waals surface area contributed by atoms with Crippen molar-refractivity contribution in [2.75, 3.05) is 23.7 Å². The van der Waals surface area contributed by atoms with Crippen LogP contribution >= 0.6 is 0 Å². The highest BCUT2D eigenvalue weighted by Crippen LogP contribution is 2.21. The van der Waals surface area contributed by atoms with Gasteiger partial charge in [-0.25, -0.2) is 8.42 Å². The molecule has 1 unspecified atom stereocenters. The van der Waals surface area contributed by atoms with Crippen LogP contribution in [0.2, 0.25) is 0 Å². The van der Waals surface area contributed by atoms with Crippen molar-refractivity contribution >= 4 is 27.6 Å². The lowest BCUT2D eigenvalue weighted by Crippen LogP contribution is -2.40. The minimum atomic E-state index is -3.67. The highest BCUT2D eigenvalue weighted by Gasteiger charge is 2.23. The van der Waals surface area contributed by atoms with E-state index in [0.29, 0.717) is 11.3 Å². The summed E-state index contributed by atoms with van der Waals surface area (Å²) < 4.78 is 29.9. The Labute approximate surface area is 149 Å². The van der Waals surface area contributed by atoms with E-state index in [1.165, 1.54) is 0 Å². The van der Waals surface area contributed by atoms with Crippen LogP contribution in [-0.2, 0) is 24.3 Å². The van der Waals surface area contributed by atoms with Crippen molar-refractivity contribution in [1.29, 1.82) is 0 Å². The highest BCUT2D eigenvalue weighted by molar-refractivity contribution is 7.92. The molecule has 1 N–H and O–H groups in total. The maximum absolute atomic E-state index is 12.0. The number of anilines is 1. The van der Waals surface area contributed by atoms with Crippen molar-refractivity contribution in [1.82, 2.24) is 5.32 Å². The molecule has 0 heterocycles. The SMILES string of the molecule is Cc1ccccc1N(CC(=O)OCC(=O)NC(C)C(C)C)S(C)(=O)=O. The molecule has 1 aromatic carbocycles. The van der Waals surface area contributed by atoms with Crippen molar-refractivity contribution in [3.8, 4) is 0 Å². The largest absolute Gasteiger partial charge is 0.454 e. The van der Waals surface area contributed by atoms with E-state index in [-0.39, 0.29) is 12.0 Å². The average Bonchev–Trinajstić information content (AvgIpc) is 2.50. The second-order valence-electron chi connectivity index (χ2n) is 6.32. The van der Waals surface area contributed by atoms with Gasteiger partial charge in [-0.05, 0) is 31.4 Å². The third-order valence-electron chi connectivity index (χ3n) is 3.81. The number of ether oxygens (including phenoxy) is 1. The van der Waals surface area contributed by atoms with Crippen LogP contribution in [0.15, 0.2) is 24.3 Å². The number of para-hydroxylation sites is 1. The van der Waals surface area contributed by atoms with Crippen LogP contribution in [0.3, 0.4) is 0 Å². The Bertz CT molecular complexity index is 716. The number of sulfonamides is 1. The van der Waals surface area contributed by atoms with E-state index in [2.05, 4.69) is 5.32 Å². The van der Waals surface area contributed by atoms with Crippen molar-refractivity contribution < 1.29 is 22.7 Å². The molecule has 1 amide bonds. The summed E-state index contributed by atoms with van der Waals surface area (Å²) in [6.07, 6.45) is 1.02. The van der Waals surface area contributed by atoms with Gasteiger partial charge in [0.2, 0.25) is 10.0 Å². The Morgan fingerprint density at radius 2 is 1.80 bits per heavy atom. The molecule has 0 aliphatic carbocycles. The molecular formula is C17H26N2O5S. The second kappa shape index (κ2) is 8.84. The molecule has 0 aliphatic heterocycles. The number of aryl methyl sites for hydroxylation is 1. The molecule has 8 heteroatoms. The fourth-order valence-corrected chi connectivity index (χ4v) is 2.90. The lowest BCUT2D eigenvalue weighted by molar-refractivity contribution is -0.147. The lowest BCUT2D eigenvalue weighted by Gasteiger charge is -2.23. The van der Waals surface area contributed by atoms with Crippen LogP contribution in [0, 0.1) is 12.8 Å². The molecular weight excluding hydrogens is 344 g/mol. The predicted octanol–water partition coefficient (Wildman–Crippen LogP) is 1.46. The third kappa shape index (κ3) is 6.74. The van der Waals surface area contributed by atoms with Gasteiger partial charge in [-0.1, -0.05) is 32.0 Å². The van der Waals surface area contributed by atoms with E-state index >= 15 is 0 Å². The Morgan fingerprint density at radius 3 is 2.32 bits per heavy atom. The molecule has 0 bridgehead atoms. The molecule has 1 atom stereocenters. The molecule has 1 aromatic rings. The van der Waals surface area contributed by atoms with Crippen LogP contribution in [0.1, 0.15) is 26.3 Å². The van der Waals surface area contributed by atoms with Crippen molar-refractivity contribution in [2.45, 2.75) is 33.7 Å². The highest BCUT2D eigenvalue weighted by atomic mass is 32.2. The first-order chi connectivity index (χ1) is 11.5. The van der Waals surface area contributed by atoms with E-state index in [1.807, 2.05) is 20.8 Å². The minimum Gasteiger partial charge on any atom is -0.454 e. The Morgan fingerprint density at radius 1 is 1.20 bits per heavy atom. The van der Waals surface area contributed by atoms with Gasteiger partial charge in [0.25, 0.3) is 5.91 Å². The van der Waals surface area contributed by atoms with E-state index < -0.39 is 35.1 Å². The summed E-state index contributed by atoms with van der Waals surface area (Å²) in [7, 11) is -3.67. The van der Waals surface area contributed by atoms with Gasteiger partial charge < -0.3 is 10.1 Å². The quantitative estimate of drug-likeness (QED) is 0.700. The molecule has 25 heavy (non-hydrogen) atoms. The number of hydrogen-bond donors (Lipinski definition) is 1. The Balaban J connectivity index is 2.72. The number of carbonyl (C=O) groups is 2.